The van der Waals surface area contributed by atoms with Gasteiger partial charge in [-0.2, -0.15) is 0 Å². The van der Waals surface area contributed by atoms with E-state index in [1.165, 1.54) is 0 Å². The Kier molecular flexibility index (Phi) is 2.05. The molecule has 1 rings (SSSR count). The SMILES string of the molecule is CC=C(O)c1ccccn1. The van der Waals surface area contributed by atoms with Crippen molar-refractivity contribution in [3.8, 4) is 0 Å². The summed E-state index contributed by atoms with van der Waals surface area (Å²) in [4.78, 5) is 3.93. The van der Waals surface area contributed by atoms with Crippen LogP contribution in [0.25, 0.3) is 5.76 Å². The van der Waals surface area contributed by atoms with Crippen LogP contribution in [-0.4, -0.2) is 10.1 Å². The lowest BCUT2D eigenvalue weighted by molar-refractivity contribution is 0.507. The number of aliphatic hydroxyl groups is 1. The minimum absolute atomic E-state index is 0.223. The Morgan fingerprint density at radius 2 is 2.40 bits per heavy atom. The molecule has 0 spiro atoms. The third-order valence-electron chi connectivity index (χ3n) is 1.20. The minimum atomic E-state index is 0.223. The van der Waals surface area contributed by atoms with Crippen LogP contribution >= 0.6 is 0 Å². The van der Waals surface area contributed by atoms with E-state index >= 15 is 0 Å². The first-order chi connectivity index (χ1) is 4.84. The normalized spacial score (nSPS) is 11.5. The first-order valence-electron chi connectivity index (χ1n) is 3.11. The Morgan fingerprint density at radius 3 is 2.90 bits per heavy atom. The third-order valence-corrected chi connectivity index (χ3v) is 1.20. The summed E-state index contributed by atoms with van der Waals surface area (Å²) in [6.07, 6.45) is 3.26. The second kappa shape index (κ2) is 3.01. The number of aliphatic hydroxyl groups excluding tert-OH is 1. The highest BCUT2D eigenvalue weighted by Gasteiger charge is 1.93. The van der Waals surface area contributed by atoms with Crippen LogP contribution in [0.3, 0.4) is 0 Å². The Morgan fingerprint density at radius 1 is 1.60 bits per heavy atom. The number of nitrogens with zero attached hydrogens (tertiary/aromatic N) is 1. The molecule has 0 unspecified atom stereocenters. The predicted octanol–water partition coefficient (Wildman–Crippen LogP) is 2.00. The lowest BCUT2D eigenvalue weighted by atomic mass is 10.3. The lowest BCUT2D eigenvalue weighted by Gasteiger charge is -1.94. The maximum atomic E-state index is 9.13. The molecule has 1 aromatic rings. The van der Waals surface area contributed by atoms with Gasteiger partial charge in [-0.15, -0.1) is 0 Å². The second-order valence-corrected chi connectivity index (χ2v) is 1.89. The van der Waals surface area contributed by atoms with E-state index in [4.69, 9.17) is 5.11 Å². The highest BCUT2D eigenvalue weighted by Crippen LogP contribution is 2.04. The molecule has 1 N–H and O–H groups in total. The molecule has 0 aliphatic heterocycles. The van der Waals surface area contributed by atoms with Gasteiger partial charge in [0.15, 0.2) is 0 Å². The summed E-state index contributed by atoms with van der Waals surface area (Å²) in [6.45, 7) is 1.77. The highest BCUT2D eigenvalue weighted by atomic mass is 16.3. The monoisotopic (exact) mass is 135 g/mol. The number of allylic oxidation sites excluding steroid dienone is 1. The van der Waals surface area contributed by atoms with Crippen molar-refractivity contribution in [2.75, 3.05) is 0 Å². The molecule has 52 valence electrons. The maximum absolute atomic E-state index is 9.13. The average molecular weight is 135 g/mol. The Bertz CT molecular complexity index is 228. The molecule has 0 aliphatic carbocycles. The van der Waals surface area contributed by atoms with Crippen molar-refractivity contribution in [3.63, 3.8) is 0 Å². The Hall–Kier alpha value is -1.31. The van der Waals surface area contributed by atoms with Crippen LogP contribution in [0.2, 0.25) is 0 Å². The van der Waals surface area contributed by atoms with Crippen molar-refractivity contribution in [2.45, 2.75) is 6.92 Å². The number of hydrogen-bond acceptors (Lipinski definition) is 2. The van der Waals surface area contributed by atoms with E-state index in [0.29, 0.717) is 5.69 Å². The summed E-state index contributed by atoms with van der Waals surface area (Å²) >= 11 is 0. The average Bonchev–Trinajstić information content (AvgIpc) is 2.05. The van der Waals surface area contributed by atoms with E-state index in [1.807, 2.05) is 12.1 Å². The van der Waals surface area contributed by atoms with Crippen LogP contribution in [0.5, 0.6) is 0 Å². The van der Waals surface area contributed by atoms with Crippen LogP contribution in [0.1, 0.15) is 12.6 Å². The summed E-state index contributed by atoms with van der Waals surface area (Å²) in [7, 11) is 0. The fourth-order valence-corrected chi connectivity index (χ4v) is 0.662. The molecule has 2 heteroatoms. The summed E-state index contributed by atoms with van der Waals surface area (Å²) in [5.41, 5.74) is 0.616. The van der Waals surface area contributed by atoms with E-state index in [0.717, 1.165) is 0 Å². The number of rotatable bonds is 1. The molecular formula is C8H9NO. The molecule has 0 saturated carbocycles. The zero-order valence-electron chi connectivity index (χ0n) is 5.78. The van der Waals surface area contributed by atoms with Crippen LogP contribution in [0.15, 0.2) is 30.5 Å². The van der Waals surface area contributed by atoms with Crippen molar-refractivity contribution in [3.05, 3.63) is 36.2 Å². The molecule has 0 fully saturated rings. The quantitative estimate of drug-likeness (QED) is 0.597. The first-order valence-corrected chi connectivity index (χ1v) is 3.11. The lowest BCUT2D eigenvalue weighted by Crippen LogP contribution is -1.84. The van der Waals surface area contributed by atoms with Gasteiger partial charge in [0, 0.05) is 6.20 Å². The van der Waals surface area contributed by atoms with Gasteiger partial charge in [-0.25, -0.2) is 0 Å². The van der Waals surface area contributed by atoms with Crippen LogP contribution in [0.4, 0.5) is 0 Å². The van der Waals surface area contributed by atoms with Crippen molar-refractivity contribution in [1.29, 1.82) is 0 Å². The predicted molar refractivity (Wildman–Crippen MR) is 40.5 cm³/mol. The first kappa shape index (κ1) is 6.81. The Labute approximate surface area is 59.9 Å². The van der Waals surface area contributed by atoms with Gasteiger partial charge >= 0.3 is 0 Å². The van der Waals surface area contributed by atoms with E-state index in [2.05, 4.69) is 4.98 Å². The van der Waals surface area contributed by atoms with Gasteiger partial charge in [-0.1, -0.05) is 6.07 Å². The molecule has 2 nitrogen and oxygen atoms in total. The number of pyridine rings is 1. The van der Waals surface area contributed by atoms with E-state index in [1.54, 1.807) is 25.3 Å². The molecule has 0 bridgehead atoms. The summed E-state index contributed by atoms with van der Waals surface area (Å²) in [5, 5.41) is 9.13. The van der Waals surface area contributed by atoms with Gasteiger partial charge in [0.2, 0.25) is 0 Å². The Balaban J connectivity index is 2.96. The van der Waals surface area contributed by atoms with Crippen LogP contribution in [-0.2, 0) is 0 Å². The zero-order valence-corrected chi connectivity index (χ0v) is 5.78. The van der Waals surface area contributed by atoms with Crippen molar-refractivity contribution in [1.82, 2.24) is 4.98 Å². The fraction of sp³-hybridized carbons (Fsp3) is 0.125. The van der Waals surface area contributed by atoms with Gasteiger partial charge < -0.3 is 5.11 Å². The summed E-state index contributed by atoms with van der Waals surface area (Å²) in [5.74, 6) is 0.223. The van der Waals surface area contributed by atoms with Crippen LogP contribution < -0.4 is 0 Å². The van der Waals surface area contributed by atoms with Gasteiger partial charge in [-0.05, 0) is 25.1 Å². The van der Waals surface area contributed by atoms with Gasteiger partial charge in [0.05, 0.1) is 0 Å². The maximum Gasteiger partial charge on any atom is 0.136 e. The van der Waals surface area contributed by atoms with E-state index in [-0.39, 0.29) is 5.76 Å². The molecule has 1 heterocycles. The second-order valence-electron chi connectivity index (χ2n) is 1.89. The molecule has 0 atom stereocenters. The molecule has 10 heavy (non-hydrogen) atoms. The molecular weight excluding hydrogens is 126 g/mol. The summed E-state index contributed by atoms with van der Waals surface area (Å²) in [6, 6.07) is 5.41. The third kappa shape index (κ3) is 1.35. The van der Waals surface area contributed by atoms with Gasteiger partial charge in [-0.3, -0.25) is 4.98 Å². The number of hydrogen-bond donors (Lipinski definition) is 1. The molecule has 1 aromatic heterocycles. The molecule has 0 radical (unpaired) electrons. The largest absolute Gasteiger partial charge is 0.506 e. The smallest absolute Gasteiger partial charge is 0.136 e. The van der Waals surface area contributed by atoms with Crippen molar-refractivity contribution < 1.29 is 5.11 Å². The molecule has 0 saturated heterocycles. The van der Waals surface area contributed by atoms with Crippen LogP contribution in [0, 0.1) is 0 Å². The van der Waals surface area contributed by atoms with E-state index < -0.39 is 0 Å². The van der Waals surface area contributed by atoms with Crippen molar-refractivity contribution in [2.24, 2.45) is 0 Å². The van der Waals surface area contributed by atoms with Crippen molar-refractivity contribution >= 4 is 5.76 Å². The highest BCUT2D eigenvalue weighted by molar-refractivity contribution is 5.53. The number of aromatic nitrogens is 1. The van der Waals surface area contributed by atoms with Gasteiger partial charge in [0.1, 0.15) is 11.5 Å². The summed E-state index contributed by atoms with van der Waals surface area (Å²) < 4.78 is 0. The van der Waals surface area contributed by atoms with E-state index in [9.17, 15) is 0 Å². The molecule has 0 aromatic carbocycles. The molecule has 0 amide bonds. The standard InChI is InChI=1S/C8H9NO/c1-2-8(10)7-5-3-4-6-9-7/h2-6,10H,1H3. The minimum Gasteiger partial charge on any atom is -0.506 e. The topological polar surface area (TPSA) is 33.1 Å². The fourth-order valence-electron chi connectivity index (χ4n) is 0.662. The zero-order chi connectivity index (χ0) is 7.40. The molecule has 0 aliphatic rings. The van der Waals surface area contributed by atoms with Gasteiger partial charge in [0.25, 0.3) is 0 Å².